The summed E-state index contributed by atoms with van der Waals surface area (Å²) in [6.45, 7) is 1.10. The first kappa shape index (κ1) is 19.0. The van der Waals surface area contributed by atoms with E-state index in [1.54, 1.807) is 23.4 Å². The van der Waals surface area contributed by atoms with Crippen molar-refractivity contribution in [2.45, 2.75) is 23.9 Å². The first-order valence-electron chi connectivity index (χ1n) is 8.92. The van der Waals surface area contributed by atoms with Crippen LogP contribution >= 0.6 is 23.4 Å². The number of aromatic nitrogens is 4. The highest BCUT2D eigenvalue weighted by molar-refractivity contribution is 7.98. The molecule has 0 saturated carbocycles. The minimum Gasteiger partial charge on any atom is -0.385 e. The Bertz CT molecular complexity index is 1190. The lowest BCUT2D eigenvalue weighted by Gasteiger charge is -2.11. The van der Waals surface area contributed by atoms with Gasteiger partial charge in [0.05, 0.1) is 10.9 Å². The number of hydrogen-bond donors (Lipinski definition) is 0. The van der Waals surface area contributed by atoms with Gasteiger partial charge in [-0.05, 0) is 30.2 Å². The Morgan fingerprint density at radius 2 is 1.89 bits per heavy atom. The lowest BCUT2D eigenvalue weighted by molar-refractivity contribution is 0.190. The van der Waals surface area contributed by atoms with Gasteiger partial charge in [-0.25, -0.2) is 0 Å². The van der Waals surface area contributed by atoms with E-state index < -0.39 is 0 Å². The molecule has 2 aromatic heterocycles. The third-order valence-corrected chi connectivity index (χ3v) is 5.87. The Balaban J connectivity index is 1.80. The zero-order valence-electron chi connectivity index (χ0n) is 15.3. The monoisotopic (exact) mass is 414 g/mol. The SMILES string of the molecule is COCCCn1c(=O)c2ccccc2n2c(SCc3ccccc3Cl)nnc12. The van der Waals surface area contributed by atoms with Crippen LogP contribution in [-0.4, -0.2) is 32.9 Å². The van der Waals surface area contributed by atoms with Crippen LogP contribution in [0.3, 0.4) is 0 Å². The number of benzene rings is 2. The van der Waals surface area contributed by atoms with E-state index in [4.69, 9.17) is 16.3 Å². The quantitative estimate of drug-likeness (QED) is 0.337. The van der Waals surface area contributed by atoms with E-state index in [2.05, 4.69) is 10.2 Å². The molecule has 0 fully saturated rings. The molecule has 28 heavy (non-hydrogen) atoms. The summed E-state index contributed by atoms with van der Waals surface area (Å²) in [5.74, 6) is 1.21. The lowest BCUT2D eigenvalue weighted by Crippen LogP contribution is -2.24. The Hall–Kier alpha value is -2.35. The largest absolute Gasteiger partial charge is 0.385 e. The normalized spacial score (nSPS) is 11.5. The van der Waals surface area contributed by atoms with Crippen LogP contribution < -0.4 is 5.56 Å². The fourth-order valence-electron chi connectivity index (χ4n) is 3.15. The zero-order valence-corrected chi connectivity index (χ0v) is 16.9. The maximum atomic E-state index is 13.0. The van der Waals surface area contributed by atoms with Gasteiger partial charge in [0.2, 0.25) is 5.78 Å². The van der Waals surface area contributed by atoms with Gasteiger partial charge in [0.15, 0.2) is 5.16 Å². The van der Waals surface area contributed by atoms with Crippen LogP contribution in [0.5, 0.6) is 0 Å². The molecule has 0 amide bonds. The number of ether oxygens (including phenoxy) is 1. The van der Waals surface area contributed by atoms with Gasteiger partial charge in [0.25, 0.3) is 5.56 Å². The van der Waals surface area contributed by atoms with Gasteiger partial charge in [0, 0.05) is 31.0 Å². The van der Waals surface area contributed by atoms with E-state index in [0.717, 1.165) is 27.7 Å². The van der Waals surface area contributed by atoms with Gasteiger partial charge < -0.3 is 4.74 Å². The highest BCUT2D eigenvalue weighted by Gasteiger charge is 2.16. The molecular weight excluding hydrogens is 396 g/mol. The summed E-state index contributed by atoms with van der Waals surface area (Å²) in [7, 11) is 1.65. The van der Waals surface area contributed by atoms with Crippen molar-refractivity contribution >= 4 is 40.0 Å². The second-order valence-electron chi connectivity index (χ2n) is 6.32. The van der Waals surface area contributed by atoms with E-state index >= 15 is 0 Å². The van der Waals surface area contributed by atoms with Crippen molar-refractivity contribution in [2.24, 2.45) is 0 Å². The number of halogens is 1. The van der Waals surface area contributed by atoms with Gasteiger partial charge in [-0.3, -0.25) is 13.8 Å². The predicted octanol–water partition coefficient (Wildman–Crippen LogP) is 4.03. The summed E-state index contributed by atoms with van der Waals surface area (Å²) in [5, 5.41) is 10.8. The van der Waals surface area contributed by atoms with Crippen molar-refractivity contribution in [3.05, 3.63) is 69.5 Å². The molecule has 8 heteroatoms. The van der Waals surface area contributed by atoms with E-state index in [1.165, 1.54) is 0 Å². The summed E-state index contributed by atoms with van der Waals surface area (Å²) in [5.41, 5.74) is 1.77. The smallest absolute Gasteiger partial charge is 0.262 e. The van der Waals surface area contributed by atoms with Crippen LogP contribution in [0.4, 0.5) is 0 Å². The molecule has 0 bridgehead atoms. The number of methoxy groups -OCH3 is 1. The Morgan fingerprint density at radius 3 is 2.71 bits per heavy atom. The average Bonchev–Trinajstić information content (AvgIpc) is 3.14. The summed E-state index contributed by atoms with van der Waals surface area (Å²) in [6, 6.07) is 15.3. The van der Waals surface area contributed by atoms with Gasteiger partial charge >= 0.3 is 0 Å². The molecule has 0 radical (unpaired) electrons. The van der Waals surface area contributed by atoms with Crippen molar-refractivity contribution in [1.82, 2.24) is 19.2 Å². The third kappa shape index (κ3) is 3.53. The molecule has 0 aliphatic carbocycles. The molecule has 6 nitrogen and oxygen atoms in total. The molecule has 144 valence electrons. The van der Waals surface area contributed by atoms with Gasteiger partial charge in [-0.1, -0.05) is 53.7 Å². The fraction of sp³-hybridized carbons (Fsp3) is 0.250. The lowest BCUT2D eigenvalue weighted by atomic mass is 10.2. The maximum Gasteiger partial charge on any atom is 0.262 e. The molecule has 0 atom stereocenters. The van der Waals surface area contributed by atoms with Crippen LogP contribution in [0.1, 0.15) is 12.0 Å². The van der Waals surface area contributed by atoms with E-state index in [-0.39, 0.29) is 5.56 Å². The van der Waals surface area contributed by atoms with Gasteiger partial charge in [-0.2, -0.15) is 0 Å². The molecule has 0 aliphatic heterocycles. The minimum atomic E-state index is -0.0609. The number of fused-ring (bicyclic) bond motifs is 3. The fourth-order valence-corrected chi connectivity index (χ4v) is 4.38. The van der Waals surface area contributed by atoms with E-state index in [0.29, 0.717) is 30.1 Å². The zero-order chi connectivity index (χ0) is 19.5. The first-order chi connectivity index (χ1) is 13.7. The molecule has 2 heterocycles. The summed E-state index contributed by atoms with van der Waals surface area (Å²) in [4.78, 5) is 13.0. The number of para-hydroxylation sites is 1. The molecule has 0 spiro atoms. The maximum absolute atomic E-state index is 13.0. The highest BCUT2D eigenvalue weighted by Crippen LogP contribution is 2.27. The Morgan fingerprint density at radius 1 is 1.11 bits per heavy atom. The number of nitrogens with zero attached hydrogens (tertiary/aromatic N) is 4. The third-order valence-electron chi connectivity index (χ3n) is 4.52. The topological polar surface area (TPSA) is 61.4 Å². The molecule has 0 aliphatic rings. The summed E-state index contributed by atoms with van der Waals surface area (Å²) in [6.07, 6.45) is 0.722. The van der Waals surface area contributed by atoms with Crippen molar-refractivity contribution in [2.75, 3.05) is 13.7 Å². The highest BCUT2D eigenvalue weighted by atomic mass is 35.5. The second-order valence-corrected chi connectivity index (χ2v) is 7.67. The Labute approximate surface area is 171 Å². The van der Waals surface area contributed by atoms with Crippen molar-refractivity contribution in [1.29, 1.82) is 0 Å². The van der Waals surface area contributed by atoms with Crippen LogP contribution in [0.25, 0.3) is 16.7 Å². The van der Waals surface area contributed by atoms with E-state index in [1.807, 2.05) is 52.9 Å². The van der Waals surface area contributed by atoms with E-state index in [9.17, 15) is 4.79 Å². The molecule has 0 unspecified atom stereocenters. The number of thioether (sulfide) groups is 1. The van der Waals surface area contributed by atoms with Crippen LogP contribution in [-0.2, 0) is 17.0 Å². The van der Waals surface area contributed by atoms with Crippen molar-refractivity contribution in [3.63, 3.8) is 0 Å². The van der Waals surface area contributed by atoms with Crippen molar-refractivity contribution < 1.29 is 4.74 Å². The summed E-state index contributed by atoms with van der Waals surface area (Å²) >= 11 is 7.83. The molecular formula is C20H19ClN4O2S. The number of aryl methyl sites for hydroxylation is 1. The van der Waals surface area contributed by atoms with Crippen LogP contribution in [0.15, 0.2) is 58.5 Å². The molecule has 2 aromatic carbocycles. The second kappa shape index (κ2) is 8.34. The molecule has 4 rings (SSSR count). The molecule has 4 aromatic rings. The first-order valence-corrected chi connectivity index (χ1v) is 10.3. The van der Waals surface area contributed by atoms with Gasteiger partial charge in [0.1, 0.15) is 0 Å². The van der Waals surface area contributed by atoms with Gasteiger partial charge in [-0.15, -0.1) is 10.2 Å². The predicted molar refractivity (Wildman–Crippen MR) is 112 cm³/mol. The van der Waals surface area contributed by atoms with Crippen molar-refractivity contribution in [3.8, 4) is 0 Å². The van der Waals surface area contributed by atoms with Crippen LogP contribution in [0.2, 0.25) is 5.02 Å². The van der Waals surface area contributed by atoms with Crippen LogP contribution in [0, 0.1) is 0 Å². The average molecular weight is 415 g/mol. The molecule has 0 saturated heterocycles. The standard InChI is InChI=1S/C20H19ClN4O2S/c1-27-12-6-11-24-18(26)15-8-3-5-10-17(15)25-19(24)22-23-20(25)28-13-14-7-2-4-9-16(14)21/h2-5,7-10H,6,11-13H2,1H3. The number of rotatable bonds is 7. The molecule has 0 N–H and O–H groups in total. The Kier molecular flexibility index (Phi) is 5.66. The minimum absolute atomic E-state index is 0.0609. The summed E-state index contributed by atoms with van der Waals surface area (Å²) < 4.78 is 8.76. The number of hydrogen-bond acceptors (Lipinski definition) is 5.